The highest BCUT2D eigenvalue weighted by molar-refractivity contribution is 9.10. The molecule has 2 N–H and O–H groups in total. The predicted octanol–water partition coefficient (Wildman–Crippen LogP) is 3.77. The topological polar surface area (TPSA) is 122 Å². The molecule has 0 aliphatic carbocycles. The Morgan fingerprint density at radius 3 is 2.58 bits per heavy atom. The van der Waals surface area contributed by atoms with Crippen molar-refractivity contribution >= 4 is 33.7 Å². The van der Waals surface area contributed by atoms with Gasteiger partial charge in [-0.15, -0.1) is 0 Å². The molecule has 0 spiro atoms. The zero-order chi connectivity index (χ0) is 27.9. The number of benzene rings is 1. The summed E-state index contributed by atoms with van der Waals surface area (Å²) in [7, 11) is 1.43. The molecule has 2 aromatic heterocycles. The summed E-state index contributed by atoms with van der Waals surface area (Å²) < 4.78 is 46.5. The van der Waals surface area contributed by atoms with E-state index in [1.165, 1.54) is 34.7 Å². The second-order valence-corrected chi connectivity index (χ2v) is 9.96. The fourth-order valence-corrected chi connectivity index (χ4v) is 4.61. The van der Waals surface area contributed by atoms with Gasteiger partial charge < -0.3 is 20.1 Å². The lowest BCUT2D eigenvalue weighted by atomic mass is 9.98. The van der Waals surface area contributed by atoms with Gasteiger partial charge in [-0.1, -0.05) is 21.1 Å². The number of nitrogens with zero attached hydrogens (tertiary/aromatic N) is 4. The van der Waals surface area contributed by atoms with E-state index < -0.39 is 35.2 Å². The molecule has 0 fully saturated rings. The maximum absolute atomic E-state index is 13.6. The number of rotatable bonds is 5. The van der Waals surface area contributed by atoms with Crippen LogP contribution >= 0.6 is 15.9 Å². The lowest BCUT2D eigenvalue weighted by Gasteiger charge is -2.34. The van der Waals surface area contributed by atoms with E-state index in [1.807, 2.05) is 13.8 Å². The van der Waals surface area contributed by atoms with Gasteiger partial charge in [0.05, 0.1) is 17.8 Å². The van der Waals surface area contributed by atoms with Gasteiger partial charge in [-0.05, 0) is 45.4 Å². The van der Waals surface area contributed by atoms with E-state index in [0.29, 0.717) is 11.3 Å². The van der Waals surface area contributed by atoms with Crippen molar-refractivity contribution in [1.82, 2.24) is 24.9 Å². The minimum absolute atomic E-state index is 0.0206. The Labute approximate surface area is 223 Å². The van der Waals surface area contributed by atoms with Crippen LogP contribution < -0.4 is 16.2 Å². The third-order valence-electron chi connectivity index (χ3n) is 5.99. The van der Waals surface area contributed by atoms with Crippen molar-refractivity contribution in [3.05, 3.63) is 67.2 Å². The number of aromatic nitrogens is 3. The van der Waals surface area contributed by atoms with E-state index in [4.69, 9.17) is 4.52 Å². The number of fused-ring (bicyclic) bond motifs is 1. The SMILES string of the molecule is CNC(=O)c1cc(-n2c(NC(C)C)nc3c(c2=O)C[C@@H](C)N(C(=O)c2ccc(Br)c(C(F)(F)F)c2)C3)on1. The number of halogens is 4. The summed E-state index contributed by atoms with van der Waals surface area (Å²) in [5.41, 5.74) is -0.963. The van der Waals surface area contributed by atoms with Crippen molar-refractivity contribution < 1.29 is 27.3 Å². The number of carbonyl (C=O) groups excluding carboxylic acids is 2. The number of anilines is 1. The number of hydrogen-bond acceptors (Lipinski definition) is 7. The van der Waals surface area contributed by atoms with Gasteiger partial charge in [-0.2, -0.15) is 13.2 Å². The minimum Gasteiger partial charge on any atom is -0.354 e. The lowest BCUT2D eigenvalue weighted by molar-refractivity contribution is -0.138. The van der Waals surface area contributed by atoms with Crippen LogP contribution in [0.2, 0.25) is 0 Å². The number of nitrogens with one attached hydrogen (secondary N) is 2. The third kappa shape index (κ3) is 5.17. The normalized spacial score (nSPS) is 15.4. The Kier molecular flexibility index (Phi) is 7.37. The molecule has 2 amide bonds. The first-order valence-electron chi connectivity index (χ1n) is 11.6. The standard InChI is InChI=1S/C24H24BrF3N6O4/c1-11(2)30-23-31-18-10-33(21(36)13-5-6-16(25)15(8-13)24(26,27)28)12(3)7-14(18)22(37)34(23)19-9-17(32-38-19)20(35)29-4/h5-6,8-9,11-12H,7,10H2,1-4H3,(H,29,35)(H,30,31)/t12-/m1/s1. The van der Waals surface area contributed by atoms with Gasteiger partial charge in [0.1, 0.15) is 0 Å². The summed E-state index contributed by atoms with van der Waals surface area (Å²) in [4.78, 5) is 44.8. The van der Waals surface area contributed by atoms with Crippen molar-refractivity contribution in [2.45, 2.75) is 52.0 Å². The van der Waals surface area contributed by atoms with Crippen molar-refractivity contribution in [2.24, 2.45) is 0 Å². The van der Waals surface area contributed by atoms with E-state index in [9.17, 15) is 27.6 Å². The van der Waals surface area contributed by atoms with Gasteiger partial charge in [0, 0.05) is 40.8 Å². The average molecular weight is 597 g/mol. The Morgan fingerprint density at radius 1 is 1.24 bits per heavy atom. The van der Waals surface area contributed by atoms with E-state index in [0.717, 1.165) is 6.07 Å². The van der Waals surface area contributed by atoms with Crippen LogP contribution in [-0.2, 0) is 19.1 Å². The zero-order valence-corrected chi connectivity index (χ0v) is 22.4. The van der Waals surface area contributed by atoms with Gasteiger partial charge in [-0.3, -0.25) is 14.4 Å². The van der Waals surface area contributed by atoms with E-state index >= 15 is 0 Å². The summed E-state index contributed by atoms with van der Waals surface area (Å²) in [6.45, 7) is 5.27. The summed E-state index contributed by atoms with van der Waals surface area (Å²) in [5, 5.41) is 9.20. The summed E-state index contributed by atoms with van der Waals surface area (Å²) >= 11 is 2.89. The molecule has 38 heavy (non-hydrogen) atoms. The molecular formula is C24H24BrF3N6O4. The first-order chi connectivity index (χ1) is 17.8. The van der Waals surface area contributed by atoms with Crippen LogP contribution in [0.4, 0.5) is 19.1 Å². The molecule has 4 rings (SSSR count). The van der Waals surface area contributed by atoms with Crippen LogP contribution in [-0.4, -0.2) is 50.6 Å². The van der Waals surface area contributed by atoms with E-state index in [1.54, 1.807) is 6.92 Å². The average Bonchev–Trinajstić information content (AvgIpc) is 3.32. The highest BCUT2D eigenvalue weighted by Crippen LogP contribution is 2.36. The van der Waals surface area contributed by atoms with Crippen LogP contribution in [0.15, 0.2) is 38.1 Å². The number of alkyl halides is 3. The molecule has 0 unspecified atom stereocenters. The van der Waals surface area contributed by atoms with Gasteiger partial charge in [-0.25, -0.2) is 9.55 Å². The zero-order valence-electron chi connectivity index (χ0n) is 20.8. The Bertz CT molecular complexity index is 1470. The molecule has 202 valence electrons. The Balaban J connectivity index is 1.75. The molecule has 3 aromatic rings. The van der Waals surface area contributed by atoms with E-state index in [2.05, 4.69) is 36.7 Å². The monoisotopic (exact) mass is 596 g/mol. The van der Waals surface area contributed by atoms with Crippen LogP contribution in [0.1, 0.15) is 58.4 Å². The first-order valence-corrected chi connectivity index (χ1v) is 12.4. The number of amides is 2. The maximum Gasteiger partial charge on any atom is 0.417 e. The maximum atomic E-state index is 13.6. The molecule has 0 radical (unpaired) electrons. The lowest BCUT2D eigenvalue weighted by Crippen LogP contribution is -2.46. The molecule has 0 bridgehead atoms. The highest BCUT2D eigenvalue weighted by atomic mass is 79.9. The highest BCUT2D eigenvalue weighted by Gasteiger charge is 2.36. The molecular weight excluding hydrogens is 573 g/mol. The van der Waals surface area contributed by atoms with Crippen molar-refractivity contribution in [1.29, 1.82) is 0 Å². The first kappa shape index (κ1) is 27.4. The summed E-state index contributed by atoms with van der Waals surface area (Å²) in [5.74, 6) is -1.03. The van der Waals surface area contributed by atoms with Crippen LogP contribution in [0.3, 0.4) is 0 Å². The molecule has 1 atom stereocenters. The Hall–Kier alpha value is -3.68. The molecule has 10 nitrogen and oxygen atoms in total. The quantitative estimate of drug-likeness (QED) is 0.459. The van der Waals surface area contributed by atoms with Gasteiger partial charge >= 0.3 is 6.18 Å². The smallest absolute Gasteiger partial charge is 0.354 e. The second kappa shape index (κ2) is 10.2. The van der Waals surface area contributed by atoms with Crippen molar-refractivity contribution in [3.8, 4) is 5.88 Å². The Morgan fingerprint density at radius 2 is 1.95 bits per heavy atom. The minimum atomic E-state index is -4.64. The van der Waals surface area contributed by atoms with Crippen LogP contribution in [0.25, 0.3) is 5.88 Å². The van der Waals surface area contributed by atoms with Gasteiger partial charge in [0.15, 0.2) is 5.69 Å². The second-order valence-electron chi connectivity index (χ2n) is 9.11. The molecule has 1 aliphatic rings. The van der Waals surface area contributed by atoms with Crippen molar-refractivity contribution in [3.63, 3.8) is 0 Å². The molecule has 0 saturated carbocycles. The molecule has 3 heterocycles. The van der Waals surface area contributed by atoms with Crippen LogP contribution in [0.5, 0.6) is 0 Å². The van der Waals surface area contributed by atoms with Gasteiger partial charge in [0.25, 0.3) is 17.4 Å². The third-order valence-corrected chi connectivity index (χ3v) is 6.68. The summed E-state index contributed by atoms with van der Waals surface area (Å²) in [6, 6.07) is 3.94. The molecule has 0 saturated heterocycles. The summed E-state index contributed by atoms with van der Waals surface area (Å²) in [6.07, 6.45) is -4.54. The van der Waals surface area contributed by atoms with Crippen LogP contribution in [0, 0.1) is 0 Å². The predicted molar refractivity (Wildman–Crippen MR) is 134 cm³/mol. The van der Waals surface area contributed by atoms with Crippen molar-refractivity contribution in [2.75, 3.05) is 12.4 Å². The largest absolute Gasteiger partial charge is 0.417 e. The fraction of sp³-hybridized carbons (Fsp3) is 0.375. The molecule has 14 heteroatoms. The molecule has 1 aliphatic heterocycles. The van der Waals surface area contributed by atoms with E-state index in [-0.39, 0.29) is 46.6 Å². The molecule has 1 aromatic carbocycles. The van der Waals surface area contributed by atoms with Gasteiger partial charge in [0.2, 0.25) is 11.8 Å². The number of carbonyl (C=O) groups is 2. The number of hydrogen-bond donors (Lipinski definition) is 2. The fourth-order valence-electron chi connectivity index (χ4n) is 4.14.